The lowest BCUT2D eigenvalue weighted by atomic mass is 10.1. The molecule has 0 aliphatic carbocycles. The number of aryl methyl sites for hydroxylation is 1. The van der Waals surface area contributed by atoms with E-state index in [0.29, 0.717) is 28.7 Å². The quantitative estimate of drug-likeness (QED) is 0.556. The summed E-state index contributed by atoms with van der Waals surface area (Å²) in [5, 5.41) is 6.82. The lowest BCUT2D eigenvalue weighted by Gasteiger charge is -2.09. The molecule has 1 aromatic carbocycles. The van der Waals surface area contributed by atoms with E-state index in [1.54, 1.807) is 22.9 Å². The van der Waals surface area contributed by atoms with Gasteiger partial charge in [-0.2, -0.15) is 4.98 Å². The van der Waals surface area contributed by atoms with Crippen molar-refractivity contribution in [3.05, 3.63) is 65.9 Å². The molecule has 0 radical (unpaired) electrons. The number of hydrogen-bond acceptors (Lipinski definition) is 5. The maximum atomic E-state index is 12.7. The van der Waals surface area contributed by atoms with E-state index in [4.69, 9.17) is 16.1 Å². The van der Waals surface area contributed by atoms with Crippen molar-refractivity contribution in [3.8, 4) is 11.4 Å². The van der Waals surface area contributed by atoms with Gasteiger partial charge in [0.15, 0.2) is 0 Å². The van der Waals surface area contributed by atoms with E-state index in [0.717, 1.165) is 11.1 Å². The predicted octanol–water partition coefficient (Wildman–Crippen LogP) is 3.68. The summed E-state index contributed by atoms with van der Waals surface area (Å²) < 4.78 is 6.77. The summed E-state index contributed by atoms with van der Waals surface area (Å²) in [4.78, 5) is 21.1. The van der Waals surface area contributed by atoms with Crippen LogP contribution in [0.1, 0.15) is 21.9 Å². The number of fused-ring (bicyclic) bond motifs is 1. The minimum absolute atomic E-state index is 0.150. The predicted molar refractivity (Wildman–Crippen MR) is 97.2 cm³/mol. The first-order valence-corrected chi connectivity index (χ1v) is 8.42. The number of aromatic nitrogens is 4. The zero-order valence-corrected chi connectivity index (χ0v) is 14.6. The van der Waals surface area contributed by atoms with Crippen molar-refractivity contribution >= 4 is 28.8 Å². The number of amides is 1. The Bertz CT molecular complexity index is 1100. The molecule has 1 amide bonds. The molecular weight excluding hydrogens is 354 g/mol. The Balaban J connectivity index is 1.65. The van der Waals surface area contributed by atoms with Gasteiger partial charge >= 0.3 is 0 Å². The summed E-state index contributed by atoms with van der Waals surface area (Å²) in [5.41, 5.74) is 3.47. The van der Waals surface area contributed by atoms with Gasteiger partial charge in [-0.05, 0) is 30.7 Å². The van der Waals surface area contributed by atoms with Crippen molar-refractivity contribution in [2.45, 2.75) is 12.8 Å². The maximum absolute atomic E-state index is 12.7. The van der Waals surface area contributed by atoms with Crippen LogP contribution in [-0.2, 0) is 5.88 Å². The Hall–Kier alpha value is -3.19. The second-order valence-corrected chi connectivity index (χ2v) is 5.97. The number of benzene rings is 1. The average Bonchev–Trinajstić information content (AvgIpc) is 3.30. The average molecular weight is 368 g/mol. The topological polar surface area (TPSA) is 85.3 Å². The molecule has 0 aliphatic heterocycles. The fourth-order valence-electron chi connectivity index (χ4n) is 2.61. The van der Waals surface area contributed by atoms with Gasteiger partial charge in [0.1, 0.15) is 17.2 Å². The number of pyridine rings is 1. The van der Waals surface area contributed by atoms with Crippen LogP contribution in [-0.4, -0.2) is 25.4 Å². The highest BCUT2D eigenvalue weighted by molar-refractivity contribution is 6.16. The molecule has 3 aromatic heterocycles. The van der Waals surface area contributed by atoms with Crippen molar-refractivity contribution in [2.75, 3.05) is 5.32 Å². The van der Waals surface area contributed by atoms with E-state index < -0.39 is 0 Å². The Morgan fingerprint density at radius 2 is 2.19 bits per heavy atom. The van der Waals surface area contributed by atoms with Crippen LogP contribution in [0.2, 0.25) is 0 Å². The number of carbonyl (C=O) groups excluding carboxylic acids is 1. The molecular formula is C18H14ClN5O2. The Morgan fingerprint density at radius 3 is 3.00 bits per heavy atom. The number of alkyl halides is 1. The lowest BCUT2D eigenvalue weighted by Crippen LogP contribution is -2.15. The van der Waals surface area contributed by atoms with Gasteiger partial charge in [0.25, 0.3) is 5.91 Å². The van der Waals surface area contributed by atoms with Gasteiger partial charge < -0.3 is 9.84 Å². The molecule has 0 fully saturated rings. The third kappa shape index (κ3) is 2.93. The molecule has 0 spiro atoms. The van der Waals surface area contributed by atoms with Crippen LogP contribution in [0.25, 0.3) is 17.0 Å². The van der Waals surface area contributed by atoms with Gasteiger partial charge in [0.2, 0.25) is 11.7 Å². The number of rotatable bonds is 4. The standard InChI is InChI=1S/C18H14ClN5O2/c1-11-5-6-12(17-22-16(9-19)26-23-17)8-13(11)21-18(25)14-10-20-15-4-2-3-7-24(14)15/h2-8,10H,9H2,1H3,(H,21,25). The maximum Gasteiger partial charge on any atom is 0.274 e. The third-order valence-electron chi connectivity index (χ3n) is 3.98. The molecule has 7 nitrogen and oxygen atoms in total. The first-order chi connectivity index (χ1) is 12.7. The smallest absolute Gasteiger partial charge is 0.274 e. The van der Waals surface area contributed by atoms with Gasteiger partial charge in [-0.1, -0.05) is 23.4 Å². The normalized spacial score (nSPS) is 11.0. The number of halogens is 1. The van der Waals surface area contributed by atoms with E-state index in [1.807, 2.05) is 37.3 Å². The van der Waals surface area contributed by atoms with Crippen molar-refractivity contribution in [1.82, 2.24) is 19.5 Å². The fraction of sp³-hybridized carbons (Fsp3) is 0.111. The van der Waals surface area contributed by atoms with E-state index >= 15 is 0 Å². The minimum Gasteiger partial charge on any atom is -0.338 e. The van der Waals surface area contributed by atoms with Crippen molar-refractivity contribution in [1.29, 1.82) is 0 Å². The van der Waals surface area contributed by atoms with Gasteiger partial charge in [0.05, 0.1) is 6.20 Å². The first-order valence-electron chi connectivity index (χ1n) is 7.89. The minimum atomic E-state index is -0.251. The molecule has 0 bridgehead atoms. The number of carbonyl (C=O) groups is 1. The number of imidazole rings is 1. The lowest BCUT2D eigenvalue weighted by molar-refractivity contribution is 0.102. The van der Waals surface area contributed by atoms with Crippen molar-refractivity contribution in [2.24, 2.45) is 0 Å². The van der Waals surface area contributed by atoms with Gasteiger partial charge in [-0.3, -0.25) is 9.20 Å². The number of anilines is 1. The van der Waals surface area contributed by atoms with E-state index in [9.17, 15) is 4.79 Å². The van der Waals surface area contributed by atoms with Crippen LogP contribution < -0.4 is 5.32 Å². The van der Waals surface area contributed by atoms with Gasteiger partial charge in [-0.25, -0.2) is 4.98 Å². The zero-order chi connectivity index (χ0) is 18.1. The molecule has 4 aromatic rings. The number of nitrogens with zero attached hydrogens (tertiary/aromatic N) is 4. The monoisotopic (exact) mass is 367 g/mol. The summed E-state index contributed by atoms with van der Waals surface area (Å²) in [7, 11) is 0. The SMILES string of the molecule is Cc1ccc(-c2noc(CCl)n2)cc1NC(=O)c1cnc2ccccn12. The largest absolute Gasteiger partial charge is 0.338 e. The molecule has 8 heteroatoms. The molecule has 0 aliphatic rings. The molecule has 0 saturated heterocycles. The zero-order valence-electron chi connectivity index (χ0n) is 13.8. The molecule has 26 heavy (non-hydrogen) atoms. The van der Waals surface area contributed by atoms with E-state index in [2.05, 4.69) is 20.4 Å². The van der Waals surface area contributed by atoms with Crippen LogP contribution in [0.3, 0.4) is 0 Å². The van der Waals surface area contributed by atoms with Crippen LogP contribution in [0, 0.1) is 6.92 Å². The Morgan fingerprint density at radius 1 is 1.31 bits per heavy atom. The van der Waals surface area contributed by atoms with Crippen molar-refractivity contribution in [3.63, 3.8) is 0 Å². The number of hydrogen-bond donors (Lipinski definition) is 1. The summed E-state index contributed by atoms with van der Waals surface area (Å²) in [6.07, 6.45) is 3.35. The summed E-state index contributed by atoms with van der Waals surface area (Å²) in [6, 6.07) is 11.1. The third-order valence-corrected chi connectivity index (χ3v) is 4.20. The van der Waals surface area contributed by atoms with Gasteiger partial charge in [-0.15, -0.1) is 11.6 Å². The fourth-order valence-corrected chi connectivity index (χ4v) is 2.72. The molecule has 130 valence electrons. The number of nitrogens with one attached hydrogen (secondary N) is 1. The highest BCUT2D eigenvalue weighted by Gasteiger charge is 2.15. The van der Waals surface area contributed by atoms with Gasteiger partial charge in [0, 0.05) is 17.4 Å². The Labute approximate surface area is 153 Å². The van der Waals surface area contributed by atoms with Crippen LogP contribution >= 0.6 is 11.6 Å². The van der Waals surface area contributed by atoms with Crippen LogP contribution in [0.5, 0.6) is 0 Å². The molecule has 4 rings (SSSR count). The molecule has 0 unspecified atom stereocenters. The molecule has 3 heterocycles. The van der Waals surface area contributed by atoms with Crippen LogP contribution in [0.4, 0.5) is 5.69 Å². The van der Waals surface area contributed by atoms with Crippen molar-refractivity contribution < 1.29 is 9.32 Å². The van der Waals surface area contributed by atoms with E-state index in [1.165, 1.54) is 0 Å². The first kappa shape index (κ1) is 16.3. The molecule has 0 atom stereocenters. The summed E-state index contributed by atoms with van der Waals surface area (Å²) >= 11 is 5.70. The summed E-state index contributed by atoms with van der Waals surface area (Å²) in [6.45, 7) is 1.91. The second kappa shape index (κ2) is 6.61. The molecule has 0 saturated carbocycles. The van der Waals surface area contributed by atoms with Crippen LogP contribution in [0.15, 0.2) is 53.3 Å². The second-order valence-electron chi connectivity index (χ2n) is 5.70. The highest BCUT2D eigenvalue weighted by atomic mass is 35.5. The Kier molecular flexibility index (Phi) is 4.14. The summed E-state index contributed by atoms with van der Waals surface area (Å²) in [5.74, 6) is 0.666. The van der Waals surface area contributed by atoms with E-state index in [-0.39, 0.29) is 11.8 Å². The highest BCUT2D eigenvalue weighted by Crippen LogP contribution is 2.24. The molecule has 1 N–H and O–H groups in total.